The third-order valence-corrected chi connectivity index (χ3v) is 7.24. The van der Waals surface area contributed by atoms with Crippen LogP contribution in [0.1, 0.15) is 25.7 Å². The van der Waals surface area contributed by atoms with Crippen molar-refractivity contribution in [3.8, 4) is 5.75 Å². The number of halogens is 1. The Kier molecular flexibility index (Phi) is 9.77. The van der Waals surface area contributed by atoms with Crippen LogP contribution in [0.5, 0.6) is 5.75 Å². The van der Waals surface area contributed by atoms with E-state index in [0.29, 0.717) is 65.9 Å². The molecule has 0 unspecified atom stereocenters. The van der Waals surface area contributed by atoms with Gasteiger partial charge in [0.1, 0.15) is 11.3 Å². The number of ether oxygens (including phenoxy) is 1. The van der Waals surface area contributed by atoms with Gasteiger partial charge in [0.15, 0.2) is 18.2 Å². The van der Waals surface area contributed by atoms with Crippen LogP contribution in [0, 0.1) is 5.92 Å². The molecule has 1 saturated heterocycles. The smallest absolute Gasteiger partial charge is 0.293 e. The van der Waals surface area contributed by atoms with E-state index in [1.54, 1.807) is 48.0 Å². The lowest BCUT2D eigenvalue weighted by atomic mass is 9.96. The van der Waals surface area contributed by atoms with Gasteiger partial charge in [-0.15, -0.1) is 0 Å². The molecule has 1 fully saturated rings. The molecule has 218 valence electrons. The minimum absolute atomic E-state index is 0.00944. The van der Waals surface area contributed by atoms with Crippen LogP contribution in [0.2, 0.25) is 5.02 Å². The number of carbonyl (C=O) groups excluding carboxylic acids is 3. The SMILES string of the molecule is CNC(=O)COc1cc2cc(Nc3nc(N4CCC(C(=O)N(C)C)CC4)ncc3Cl)ccc2n(CCCC=O)c1=O. The Morgan fingerprint density at radius 3 is 2.66 bits per heavy atom. The summed E-state index contributed by atoms with van der Waals surface area (Å²) in [6, 6.07) is 7.02. The molecule has 0 saturated carbocycles. The number of anilines is 3. The van der Waals surface area contributed by atoms with Crippen LogP contribution in [0.4, 0.5) is 17.5 Å². The average Bonchev–Trinajstić information content (AvgIpc) is 2.98. The molecule has 0 bridgehead atoms. The fourth-order valence-corrected chi connectivity index (χ4v) is 4.88. The zero-order chi connectivity index (χ0) is 29.5. The maximum atomic E-state index is 13.1. The Hall–Kier alpha value is -4.19. The van der Waals surface area contributed by atoms with Gasteiger partial charge in [0.25, 0.3) is 11.5 Å². The molecule has 0 aliphatic carbocycles. The van der Waals surface area contributed by atoms with Gasteiger partial charge in [-0.2, -0.15) is 4.98 Å². The van der Waals surface area contributed by atoms with E-state index in [4.69, 9.17) is 16.3 Å². The largest absolute Gasteiger partial charge is 0.478 e. The van der Waals surface area contributed by atoms with Crippen LogP contribution in [-0.4, -0.2) is 78.4 Å². The van der Waals surface area contributed by atoms with E-state index in [1.165, 1.54) is 7.05 Å². The van der Waals surface area contributed by atoms with Crippen LogP contribution in [0.15, 0.2) is 35.3 Å². The number of piperidine rings is 1. The van der Waals surface area contributed by atoms with E-state index in [9.17, 15) is 19.2 Å². The second-order valence-corrected chi connectivity index (χ2v) is 10.4. The molecule has 1 aliphatic heterocycles. The van der Waals surface area contributed by atoms with Crippen molar-refractivity contribution in [3.63, 3.8) is 0 Å². The standard InChI is InChI=1S/C28H34ClN7O5/c1-30-24(38)17-41-23-15-19-14-20(6-7-22(19)36(27(23)40)10-4-5-13-37)32-25-21(29)16-31-28(33-25)35-11-8-18(9-12-35)26(39)34(2)3/h6-7,13-16,18H,4-5,8-12,17H2,1-3H3,(H,30,38)(H,31,32,33). The number of fused-ring (bicyclic) bond motifs is 1. The lowest BCUT2D eigenvalue weighted by Gasteiger charge is -2.32. The Labute approximate surface area is 242 Å². The van der Waals surface area contributed by atoms with Crippen molar-refractivity contribution in [2.75, 3.05) is 51.1 Å². The number of rotatable bonds is 11. The fourth-order valence-electron chi connectivity index (χ4n) is 4.74. The van der Waals surface area contributed by atoms with Gasteiger partial charge < -0.3 is 34.5 Å². The summed E-state index contributed by atoms with van der Waals surface area (Å²) in [7, 11) is 5.03. The minimum atomic E-state index is -0.382. The summed E-state index contributed by atoms with van der Waals surface area (Å²) in [5, 5.41) is 6.72. The van der Waals surface area contributed by atoms with Crippen LogP contribution in [0.3, 0.4) is 0 Å². The number of amides is 2. The number of aldehydes is 1. The van der Waals surface area contributed by atoms with Gasteiger partial charge in [-0.3, -0.25) is 14.4 Å². The zero-order valence-corrected chi connectivity index (χ0v) is 24.1. The molecule has 41 heavy (non-hydrogen) atoms. The highest BCUT2D eigenvalue weighted by molar-refractivity contribution is 6.32. The predicted molar refractivity (Wildman–Crippen MR) is 157 cm³/mol. The van der Waals surface area contributed by atoms with Crippen molar-refractivity contribution in [2.24, 2.45) is 5.92 Å². The number of aromatic nitrogens is 3. The molecule has 3 heterocycles. The van der Waals surface area contributed by atoms with E-state index < -0.39 is 0 Å². The Bertz CT molecular complexity index is 1480. The number of likely N-dealkylation sites (N-methyl/N-ethyl adjacent to an activating group) is 1. The van der Waals surface area contributed by atoms with Gasteiger partial charge in [-0.05, 0) is 43.5 Å². The molecule has 2 amide bonds. The lowest BCUT2D eigenvalue weighted by molar-refractivity contribution is -0.133. The number of pyridine rings is 1. The topological polar surface area (TPSA) is 139 Å². The van der Waals surface area contributed by atoms with Crippen molar-refractivity contribution < 1.29 is 19.1 Å². The van der Waals surface area contributed by atoms with Crippen LogP contribution in [-0.2, 0) is 20.9 Å². The third kappa shape index (κ3) is 7.12. The maximum absolute atomic E-state index is 13.1. The summed E-state index contributed by atoms with van der Waals surface area (Å²) in [5.74, 6) is 0.722. The summed E-state index contributed by atoms with van der Waals surface area (Å²) in [4.78, 5) is 60.8. The molecule has 2 aromatic heterocycles. The van der Waals surface area contributed by atoms with Crippen molar-refractivity contribution in [1.29, 1.82) is 0 Å². The molecule has 2 N–H and O–H groups in total. The molecule has 0 spiro atoms. The number of nitrogens with one attached hydrogen (secondary N) is 2. The summed E-state index contributed by atoms with van der Waals surface area (Å²) >= 11 is 6.44. The molecule has 0 atom stereocenters. The van der Waals surface area contributed by atoms with Crippen LogP contribution in [0.25, 0.3) is 10.9 Å². The Morgan fingerprint density at radius 1 is 1.22 bits per heavy atom. The quantitative estimate of drug-likeness (QED) is 0.257. The molecular formula is C28H34ClN7O5. The van der Waals surface area contributed by atoms with Gasteiger partial charge in [-0.25, -0.2) is 4.98 Å². The average molecular weight is 584 g/mol. The normalized spacial score (nSPS) is 13.6. The molecule has 3 aromatic rings. The van der Waals surface area contributed by atoms with Gasteiger partial charge in [0.2, 0.25) is 11.9 Å². The van der Waals surface area contributed by atoms with Gasteiger partial charge in [0.05, 0.1) is 11.7 Å². The van der Waals surface area contributed by atoms with Crippen molar-refractivity contribution in [1.82, 2.24) is 24.8 Å². The number of hydrogen-bond donors (Lipinski definition) is 2. The molecule has 4 rings (SSSR count). The lowest BCUT2D eigenvalue weighted by Crippen LogP contribution is -2.40. The highest BCUT2D eigenvalue weighted by Crippen LogP contribution is 2.29. The Balaban J connectivity index is 1.59. The number of aryl methyl sites for hydroxylation is 1. The van der Waals surface area contributed by atoms with Gasteiger partial charge in [0, 0.05) is 64.2 Å². The summed E-state index contributed by atoms with van der Waals surface area (Å²) in [5.41, 5.74) is 0.936. The number of nitrogens with zero attached hydrogens (tertiary/aromatic N) is 5. The molecular weight excluding hydrogens is 550 g/mol. The van der Waals surface area contributed by atoms with E-state index in [-0.39, 0.29) is 35.6 Å². The van der Waals surface area contributed by atoms with Crippen molar-refractivity contribution >= 4 is 58.1 Å². The minimum Gasteiger partial charge on any atom is -0.478 e. The zero-order valence-electron chi connectivity index (χ0n) is 23.4. The summed E-state index contributed by atoms with van der Waals surface area (Å²) < 4.78 is 7.08. The monoisotopic (exact) mass is 583 g/mol. The fraction of sp³-hybridized carbons (Fsp3) is 0.429. The van der Waals surface area contributed by atoms with E-state index in [0.717, 1.165) is 19.1 Å². The van der Waals surface area contributed by atoms with Gasteiger partial charge >= 0.3 is 0 Å². The number of carbonyl (C=O) groups is 3. The summed E-state index contributed by atoms with van der Waals surface area (Å²) in [6.45, 7) is 1.32. The molecule has 12 nitrogen and oxygen atoms in total. The third-order valence-electron chi connectivity index (χ3n) is 6.96. The number of hydrogen-bond acceptors (Lipinski definition) is 9. The number of benzene rings is 1. The van der Waals surface area contributed by atoms with E-state index in [1.807, 2.05) is 11.0 Å². The van der Waals surface area contributed by atoms with E-state index in [2.05, 4.69) is 20.6 Å². The van der Waals surface area contributed by atoms with Gasteiger partial charge in [-0.1, -0.05) is 11.6 Å². The van der Waals surface area contributed by atoms with Crippen LogP contribution >= 0.6 is 11.6 Å². The number of unbranched alkanes of at least 4 members (excludes halogenated alkanes) is 1. The van der Waals surface area contributed by atoms with Crippen molar-refractivity contribution in [2.45, 2.75) is 32.2 Å². The second kappa shape index (κ2) is 13.4. The maximum Gasteiger partial charge on any atom is 0.293 e. The van der Waals surface area contributed by atoms with Crippen molar-refractivity contribution in [3.05, 3.63) is 45.8 Å². The first-order chi connectivity index (χ1) is 19.7. The Morgan fingerprint density at radius 2 is 1.98 bits per heavy atom. The predicted octanol–water partition coefficient (Wildman–Crippen LogP) is 2.60. The first-order valence-corrected chi connectivity index (χ1v) is 13.8. The van der Waals surface area contributed by atoms with Crippen LogP contribution < -0.4 is 25.8 Å². The molecule has 0 radical (unpaired) electrons. The highest BCUT2D eigenvalue weighted by atomic mass is 35.5. The second-order valence-electron chi connectivity index (χ2n) is 10.00. The molecule has 13 heteroatoms. The first kappa shape index (κ1) is 29.8. The summed E-state index contributed by atoms with van der Waals surface area (Å²) in [6.07, 6.45) is 4.59. The molecule has 1 aliphatic rings. The highest BCUT2D eigenvalue weighted by Gasteiger charge is 2.27. The van der Waals surface area contributed by atoms with E-state index >= 15 is 0 Å². The first-order valence-electron chi connectivity index (χ1n) is 13.4. The molecule has 1 aromatic carbocycles.